The molecule has 0 saturated heterocycles. The molecule has 1 rings (SSSR count). The van der Waals surface area contributed by atoms with E-state index in [2.05, 4.69) is 5.32 Å². The molecule has 4 heteroatoms. The van der Waals surface area contributed by atoms with E-state index >= 15 is 0 Å². The number of benzene rings is 1. The molecule has 0 fully saturated rings. The second-order valence-corrected chi connectivity index (χ2v) is 4.91. The van der Waals surface area contributed by atoms with Crippen molar-refractivity contribution in [2.24, 2.45) is 0 Å². The van der Waals surface area contributed by atoms with Crippen LogP contribution in [0.15, 0.2) is 18.2 Å². The molecule has 104 valence electrons. The van der Waals surface area contributed by atoms with Gasteiger partial charge in [-0.15, -0.1) is 0 Å². The fourth-order valence-corrected chi connectivity index (χ4v) is 1.93. The van der Waals surface area contributed by atoms with Crippen LogP contribution in [0.1, 0.15) is 47.7 Å². The molecule has 1 aromatic carbocycles. The second kappa shape index (κ2) is 6.92. The minimum atomic E-state index is -0.798. The number of aliphatic carboxylic acids is 1. The van der Waals surface area contributed by atoms with Crippen LogP contribution in [0.4, 0.5) is 0 Å². The molecular formula is C15H21NO3. The summed E-state index contributed by atoms with van der Waals surface area (Å²) in [6.07, 6.45) is 1.39. The number of amides is 1. The first kappa shape index (κ1) is 15.2. The van der Waals surface area contributed by atoms with E-state index in [1.54, 1.807) is 0 Å². The normalized spacial score (nSPS) is 11.9. The quantitative estimate of drug-likeness (QED) is 0.829. The van der Waals surface area contributed by atoms with Crippen LogP contribution in [0.5, 0.6) is 0 Å². The van der Waals surface area contributed by atoms with E-state index in [4.69, 9.17) is 5.11 Å². The van der Waals surface area contributed by atoms with Crippen molar-refractivity contribution in [3.63, 3.8) is 0 Å². The lowest BCUT2D eigenvalue weighted by Gasteiger charge is -2.15. The summed E-state index contributed by atoms with van der Waals surface area (Å²) < 4.78 is 0. The Morgan fingerprint density at radius 2 is 2.00 bits per heavy atom. The maximum absolute atomic E-state index is 12.1. The molecule has 0 spiro atoms. The van der Waals surface area contributed by atoms with Crippen molar-refractivity contribution in [1.29, 1.82) is 0 Å². The van der Waals surface area contributed by atoms with Gasteiger partial charge in [-0.25, -0.2) is 0 Å². The van der Waals surface area contributed by atoms with Crippen LogP contribution in [-0.4, -0.2) is 23.0 Å². The third-order valence-corrected chi connectivity index (χ3v) is 3.25. The molecule has 1 amide bonds. The number of carbonyl (C=O) groups excluding carboxylic acids is 1. The largest absolute Gasteiger partial charge is 0.481 e. The molecule has 0 aliphatic rings. The third kappa shape index (κ3) is 4.73. The average molecular weight is 263 g/mol. The van der Waals surface area contributed by atoms with Crippen molar-refractivity contribution in [3.8, 4) is 0 Å². The summed E-state index contributed by atoms with van der Waals surface area (Å²) in [6.45, 7) is 5.80. The van der Waals surface area contributed by atoms with Gasteiger partial charge in [-0.05, 0) is 50.8 Å². The van der Waals surface area contributed by atoms with Crippen LogP contribution in [-0.2, 0) is 4.79 Å². The SMILES string of the molecule is Cc1cccc(C(=O)NC(C)CCCC(=O)O)c1C. The van der Waals surface area contributed by atoms with Gasteiger partial charge in [0.25, 0.3) is 5.91 Å². The first-order valence-corrected chi connectivity index (χ1v) is 6.50. The second-order valence-electron chi connectivity index (χ2n) is 4.91. The van der Waals surface area contributed by atoms with E-state index in [1.165, 1.54) is 0 Å². The van der Waals surface area contributed by atoms with Crippen LogP contribution < -0.4 is 5.32 Å². The number of nitrogens with one attached hydrogen (secondary N) is 1. The Morgan fingerprint density at radius 3 is 2.63 bits per heavy atom. The molecule has 0 aliphatic carbocycles. The summed E-state index contributed by atoms with van der Waals surface area (Å²) in [6, 6.07) is 5.63. The lowest BCUT2D eigenvalue weighted by Crippen LogP contribution is -2.33. The van der Waals surface area contributed by atoms with Gasteiger partial charge in [0.2, 0.25) is 0 Å². The summed E-state index contributed by atoms with van der Waals surface area (Å²) in [5, 5.41) is 11.5. The Balaban J connectivity index is 2.54. The lowest BCUT2D eigenvalue weighted by molar-refractivity contribution is -0.137. The smallest absolute Gasteiger partial charge is 0.303 e. The Hall–Kier alpha value is -1.84. The summed E-state index contributed by atoms with van der Waals surface area (Å²) in [4.78, 5) is 22.5. The molecule has 19 heavy (non-hydrogen) atoms. The molecule has 2 N–H and O–H groups in total. The highest BCUT2D eigenvalue weighted by atomic mass is 16.4. The van der Waals surface area contributed by atoms with Crippen LogP contribution in [0.25, 0.3) is 0 Å². The molecule has 0 saturated carbocycles. The highest BCUT2D eigenvalue weighted by Gasteiger charge is 2.13. The number of carboxylic acids is 1. The van der Waals surface area contributed by atoms with Crippen LogP contribution in [0, 0.1) is 13.8 Å². The van der Waals surface area contributed by atoms with E-state index in [0.29, 0.717) is 18.4 Å². The maximum atomic E-state index is 12.1. The average Bonchev–Trinajstić information content (AvgIpc) is 2.31. The van der Waals surface area contributed by atoms with Crippen molar-refractivity contribution in [2.45, 2.75) is 46.1 Å². The van der Waals surface area contributed by atoms with Gasteiger partial charge in [0.05, 0.1) is 0 Å². The van der Waals surface area contributed by atoms with E-state index < -0.39 is 5.97 Å². The molecule has 0 heterocycles. The Kier molecular flexibility index (Phi) is 5.55. The zero-order chi connectivity index (χ0) is 14.4. The number of aryl methyl sites for hydroxylation is 1. The maximum Gasteiger partial charge on any atom is 0.303 e. The van der Waals surface area contributed by atoms with Crippen molar-refractivity contribution in [3.05, 3.63) is 34.9 Å². The summed E-state index contributed by atoms with van der Waals surface area (Å²) in [5.41, 5.74) is 2.76. The highest BCUT2D eigenvalue weighted by Crippen LogP contribution is 2.13. The van der Waals surface area contributed by atoms with E-state index in [1.807, 2.05) is 39.0 Å². The van der Waals surface area contributed by atoms with Gasteiger partial charge >= 0.3 is 5.97 Å². The number of rotatable bonds is 6. The third-order valence-electron chi connectivity index (χ3n) is 3.25. The zero-order valence-electron chi connectivity index (χ0n) is 11.7. The monoisotopic (exact) mass is 263 g/mol. The Labute approximate surface area is 113 Å². The van der Waals surface area contributed by atoms with Crippen LogP contribution in [0.2, 0.25) is 0 Å². The van der Waals surface area contributed by atoms with Gasteiger partial charge in [0.1, 0.15) is 0 Å². The molecule has 0 radical (unpaired) electrons. The number of carbonyl (C=O) groups is 2. The van der Waals surface area contributed by atoms with Crippen molar-refractivity contribution >= 4 is 11.9 Å². The van der Waals surface area contributed by atoms with E-state index in [0.717, 1.165) is 11.1 Å². The van der Waals surface area contributed by atoms with Crippen molar-refractivity contribution in [1.82, 2.24) is 5.32 Å². The van der Waals surface area contributed by atoms with Gasteiger partial charge in [0.15, 0.2) is 0 Å². The fraction of sp³-hybridized carbons (Fsp3) is 0.467. The summed E-state index contributed by atoms with van der Waals surface area (Å²) >= 11 is 0. The number of hydrogen-bond acceptors (Lipinski definition) is 2. The van der Waals surface area contributed by atoms with Crippen molar-refractivity contribution in [2.75, 3.05) is 0 Å². The molecule has 0 bridgehead atoms. The molecule has 1 atom stereocenters. The fourth-order valence-electron chi connectivity index (χ4n) is 1.93. The number of carboxylic acid groups (broad SMARTS) is 1. The van der Waals surface area contributed by atoms with Gasteiger partial charge < -0.3 is 10.4 Å². The van der Waals surface area contributed by atoms with Gasteiger partial charge in [-0.3, -0.25) is 9.59 Å². The summed E-state index contributed by atoms with van der Waals surface area (Å²) in [5.74, 6) is -0.892. The van der Waals surface area contributed by atoms with Crippen molar-refractivity contribution < 1.29 is 14.7 Å². The van der Waals surface area contributed by atoms with Crippen LogP contribution >= 0.6 is 0 Å². The minimum Gasteiger partial charge on any atom is -0.481 e. The molecular weight excluding hydrogens is 242 g/mol. The minimum absolute atomic E-state index is 0.0215. The molecule has 0 aliphatic heterocycles. The Morgan fingerprint density at radius 1 is 1.32 bits per heavy atom. The molecule has 1 unspecified atom stereocenters. The Bertz CT molecular complexity index is 468. The number of hydrogen-bond donors (Lipinski definition) is 2. The molecule has 4 nitrogen and oxygen atoms in total. The predicted octanol–water partition coefficient (Wildman–Crippen LogP) is 2.68. The standard InChI is InChI=1S/C15H21NO3/c1-10-6-4-8-13(12(10)3)15(19)16-11(2)7-5-9-14(17)18/h4,6,8,11H,5,7,9H2,1-3H3,(H,16,19)(H,17,18). The highest BCUT2D eigenvalue weighted by molar-refractivity contribution is 5.96. The van der Waals surface area contributed by atoms with Gasteiger partial charge in [-0.1, -0.05) is 12.1 Å². The topological polar surface area (TPSA) is 66.4 Å². The molecule has 1 aromatic rings. The summed E-state index contributed by atoms with van der Waals surface area (Å²) in [7, 11) is 0. The van der Waals surface area contributed by atoms with E-state index in [9.17, 15) is 9.59 Å². The first-order chi connectivity index (χ1) is 8.91. The van der Waals surface area contributed by atoms with Gasteiger partial charge in [-0.2, -0.15) is 0 Å². The van der Waals surface area contributed by atoms with Gasteiger partial charge in [0, 0.05) is 18.0 Å². The predicted molar refractivity (Wildman–Crippen MR) is 74.3 cm³/mol. The lowest BCUT2D eigenvalue weighted by atomic mass is 10.0. The van der Waals surface area contributed by atoms with E-state index in [-0.39, 0.29) is 18.4 Å². The van der Waals surface area contributed by atoms with Crippen LogP contribution in [0.3, 0.4) is 0 Å². The first-order valence-electron chi connectivity index (χ1n) is 6.50. The zero-order valence-corrected chi connectivity index (χ0v) is 11.7. The molecule has 0 aromatic heterocycles.